The van der Waals surface area contributed by atoms with Crippen LogP contribution < -0.4 is 10.2 Å². The number of carbonyl (C=O) groups is 1. The van der Waals surface area contributed by atoms with Gasteiger partial charge in [-0.15, -0.1) is 0 Å². The van der Waals surface area contributed by atoms with Gasteiger partial charge in [0.1, 0.15) is 5.82 Å². The summed E-state index contributed by atoms with van der Waals surface area (Å²) in [6, 6.07) is 5.20. The lowest BCUT2D eigenvalue weighted by atomic mass is 9.80. The number of hydrogen-bond acceptors (Lipinski definition) is 3. The number of anilines is 1. The van der Waals surface area contributed by atoms with Gasteiger partial charge < -0.3 is 15.0 Å². The lowest BCUT2D eigenvalue weighted by Gasteiger charge is -2.27. The third-order valence-electron chi connectivity index (χ3n) is 5.55. The van der Waals surface area contributed by atoms with E-state index in [2.05, 4.69) is 5.32 Å². The Morgan fingerprint density at radius 2 is 2.22 bits per heavy atom. The van der Waals surface area contributed by atoms with Crippen LogP contribution in [0.1, 0.15) is 37.7 Å². The summed E-state index contributed by atoms with van der Waals surface area (Å²) in [5.74, 6) is -0.0811. The molecule has 3 aliphatic rings. The molecule has 124 valence electrons. The Morgan fingerprint density at radius 3 is 2.96 bits per heavy atom. The molecule has 4 nitrogen and oxygen atoms in total. The number of nitrogens with zero attached hydrogens (tertiary/aromatic N) is 1. The molecule has 1 aliphatic carbocycles. The van der Waals surface area contributed by atoms with Crippen molar-refractivity contribution in [2.24, 2.45) is 0 Å². The van der Waals surface area contributed by atoms with E-state index in [9.17, 15) is 9.18 Å². The summed E-state index contributed by atoms with van der Waals surface area (Å²) in [7, 11) is 0. The molecule has 2 heterocycles. The molecule has 1 aromatic rings. The lowest BCUT2D eigenvalue weighted by Crippen LogP contribution is -2.45. The zero-order valence-electron chi connectivity index (χ0n) is 13.3. The number of rotatable bonds is 2. The molecule has 4 rings (SSSR count). The molecule has 2 fully saturated rings. The smallest absolute Gasteiger partial charge is 0.228 e. The standard InChI is InChI=1S/C18H23FN2O2/c19-14-4-3-5-15-17(14)18(6-1-2-7-18)12-21(15)16(22)10-13-11-23-9-8-20-13/h3-5,13,20H,1-2,6-12H2. The highest BCUT2D eigenvalue weighted by atomic mass is 19.1. The second kappa shape index (κ2) is 5.87. The topological polar surface area (TPSA) is 41.6 Å². The fraction of sp³-hybridized carbons (Fsp3) is 0.611. The van der Waals surface area contributed by atoms with Gasteiger partial charge in [-0.1, -0.05) is 18.9 Å². The Bertz CT molecular complexity index is 607. The maximum atomic E-state index is 14.5. The summed E-state index contributed by atoms with van der Waals surface area (Å²) in [5.41, 5.74) is 1.40. The van der Waals surface area contributed by atoms with Gasteiger partial charge in [-0.2, -0.15) is 0 Å². The van der Waals surface area contributed by atoms with Crippen LogP contribution in [0.25, 0.3) is 0 Å². The van der Waals surface area contributed by atoms with Crippen LogP contribution in [0.4, 0.5) is 10.1 Å². The number of fused-ring (bicyclic) bond motifs is 2. The first-order chi connectivity index (χ1) is 11.2. The van der Waals surface area contributed by atoms with E-state index >= 15 is 0 Å². The second-order valence-electron chi connectivity index (χ2n) is 7.03. The Balaban J connectivity index is 1.60. The summed E-state index contributed by atoms with van der Waals surface area (Å²) < 4.78 is 19.9. The molecule has 23 heavy (non-hydrogen) atoms. The average molecular weight is 318 g/mol. The second-order valence-corrected chi connectivity index (χ2v) is 7.03. The Kier molecular flexibility index (Phi) is 3.85. The molecule has 1 unspecified atom stereocenters. The minimum atomic E-state index is -0.160. The summed E-state index contributed by atoms with van der Waals surface area (Å²) in [4.78, 5) is 14.7. The van der Waals surface area contributed by atoms with Crippen molar-refractivity contribution in [3.05, 3.63) is 29.6 Å². The molecule has 1 amide bonds. The number of nitrogens with one attached hydrogen (secondary N) is 1. The monoisotopic (exact) mass is 318 g/mol. The molecule has 0 radical (unpaired) electrons. The Morgan fingerprint density at radius 1 is 1.39 bits per heavy atom. The molecule has 5 heteroatoms. The summed E-state index contributed by atoms with van der Waals surface area (Å²) in [6.45, 7) is 2.69. The largest absolute Gasteiger partial charge is 0.378 e. The van der Waals surface area contributed by atoms with Gasteiger partial charge in [-0.25, -0.2) is 4.39 Å². The van der Waals surface area contributed by atoms with E-state index in [1.165, 1.54) is 6.07 Å². The van der Waals surface area contributed by atoms with Gasteiger partial charge in [0, 0.05) is 36.5 Å². The van der Waals surface area contributed by atoms with Gasteiger partial charge >= 0.3 is 0 Å². The van der Waals surface area contributed by atoms with Crippen molar-refractivity contribution in [3.8, 4) is 0 Å². The molecule has 1 aromatic carbocycles. The van der Waals surface area contributed by atoms with Crippen LogP contribution in [0.15, 0.2) is 18.2 Å². The van der Waals surface area contributed by atoms with Crippen LogP contribution >= 0.6 is 0 Å². The summed E-state index contributed by atoms with van der Waals surface area (Å²) in [5, 5.41) is 3.32. The van der Waals surface area contributed by atoms with Crippen LogP contribution in [0.3, 0.4) is 0 Å². The van der Waals surface area contributed by atoms with Gasteiger partial charge in [-0.05, 0) is 25.0 Å². The van der Waals surface area contributed by atoms with Crippen LogP contribution in [-0.2, 0) is 14.9 Å². The SMILES string of the molecule is O=C(CC1COCCN1)N1CC2(CCCC2)c2c(F)cccc21. The van der Waals surface area contributed by atoms with Crippen molar-refractivity contribution < 1.29 is 13.9 Å². The maximum Gasteiger partial charge on any atom is 0.228 e. The van der Waals surface area contributed by atoms with Crippen molar-refractivity contribution >= 4 is 11.6 Å². The number of amides is 1. The normalized spacial score (nSPS) is 25.8. The van der Waals surface area contributed by atoms with E-state index in [-0.39, 0.29) is 23.2 Å². The number of ether oxygens (including phenoxy) is 1. The number of hydrogen-bond donors (Lipinski definition) is 1. The Hall–Kier alpha value is -1.46. The van der Waals surface area contributed by atoms with Crippen molar-refractivity contribution in [1.29, 1.82) is 0 Å². The molecule has 1 saturated carbocycles. The van der Waals surface area contributed by atoms with E-state index in [0.29, 0.717) is 26.2 Å². The molecule has 2 aliphatic heterocycles. The van der Waals surface area contributed by atoms with E-state index in [0.717, 1.165) is 43.5 Å². The van der Waals surface area contributed by atoms with E-state index in [1.54, 1.807) is 6.07 Å². The van der Waals surface area contributed by atoms with Crippen molar-refractivity contribution in [3.63, 3.8) is 0 Å². The molecule has 0 bridgehead atoms. The van der Waals surface area contributed by atoms with Crippen LogP contribution in [-0.4, -0.2) is 38.3 Å². The molecule has 1 saturated heterocycles. The van der Waals surface area contributed by atoms with Crippen molar-refractivity contribution in [1.82, 2.24) is 5.32 Å². The summed E-state index contributed by atoms with van der Waals surface area (Å²) >= 11 is 0. The molecular formula is C18H23FN2O2. The van der Waals surface area contributed by atoms with Gasteiger partial charge in [0.15, 0.2) is 0 Å². The van der Waals surface area contributed by atoms with Crippen LogP contribution in [0, 0.1) is 5.82 Å². The van der Waals surface area contributed by atoms with E-state index in [1.807, 2.05) is 11.0 Å². The number of carbonyl (C=O) groups excluding carboxylic acids is 1. The predicted molar refractivity (Wildman–Crippen MR) is 86.1 cm³/mol. The molecule has 0 aromatic heterocycles. The van der Waals surface area contributed by atoms with Crippen LogP contribution in [0.5, 0.6) is 0 Å². The number of morpholine rings is 1. The van der Waals surface area contributed by atoms with Crippen molar-refractivity contribution in [2.75, 3.05) is 31.2 Å². The average Bonchev–Trinajstić information content (AvgIpc) is 3.15. The van der Waals surface area contributed by atoms with E-state index in [4.69, 9.17) is 4.74 Å². The number of halogens is 1. The maximum absolute atomic E-state index is 14.5. The van der Waals surface area contributed by atoms with Crippen molar-refractivity contribution in [2.45, 2.75) is 43.6 Å². The fourth-order valence-corrected chi connectivity index (χ4v) is 4.48. The third kappa shape index (κ3) is 2.56. The zero-order chi connectivity index (χ0) is 15.9. The van der Waals surface area contributed by atoms with Gasteiger partial charge in [-0.3, -0.25) is 4.79 Å². The fourth-order valence-electron chi connectivity index (χ4n) is 4.48. The molecule has 1 spiro atoms. The first kappa shape index (κ1) is 15.1. The minimum absolute atomic E-state index is 0.0633. The molecular weight excluding hydrogens is 295 g/mol. The van der Waals surface area contributed by atoms with E-state index < -0.39 is 0 Å². The lowest BCUT2D eigenvalue weighted by molar-refractivity contribution is -0.119. The highest BCUT2D eigenvalue weighted by Crippen LogP contribution is 2.51. The van der Waals surface area contributed by atoms with Gasteiger partial charge in [0.05, 0.1) is 18.9 Å². The summed E-state index contributed by atoms with van der Waals surface area (Å²) in [6.07, 6.45) is 4.61. The predicted octanol–water partition coefficient (Wildman–Crippen LogP) is 2.36. The Labute approximate surface area is 136 Å². The van der Waals surface area contributed by atoms with Crippen LogP contribution in [0.2, 0.25) is 0 Å². The van der Waals surface area contributed by atoms with Gasteiger partial charge in [0.2, 0.25) is 5.91 Å². The first-order valence-corrected chi connectivity index (χ1v) is 8.60. The van der Waals surface area contributed by atoms with Gasteiger partial charge in [0.25, 0.3) is 0 Å². The number of benzene rings is 1. The first-order valence-electron chi connectivity index (χ1n) is 8.60. The minimum Gasteiger partial charge on any atom is -0.378 e. The quantitative estimate of drug-likeness (QED) is 0.910. The molecule has 1 N–H and O–H groups in total. The highest BCUT2D eigenvalue weighted by Gasteiger charge is 2.48. The third-order valence-corrected chi connectivity index (χ3v) is 5.55. The zero-order valence-corrected chi connectivity index (χ0v) is 13.3. The highest BCUT2D eigenvalue weighted by molar-refractivity contribution is 5.96. The molecule has 1 atom stereocenters.